The minimum absolute atomic E-state index is 0.0766. The molecule has 1 N–H and O–H groups in total. The minimum Gasteiger partial charge on any atom is -0.321 e. The molecule has 30 heavy (non-hydrogen) atoms. The van der Waals surface area contributed by atoms with E-state index in [0.717, 1.165) is 5.56 Å². The Kier molecular flexibility index (Phi) is 5.29. The highest BCUT2D eigenvalue weighted by Crippen LogP contribution is 2.28. The second kappa shape index (κ2) is 8.04. The Morgan fingerprint density at radius 3 is 2.60 bits per heavy atom. The molecular weight excluding hydrogens is 398 g/mol. The van der Waals surface area contributed by atoms with Crippen LogP contribution in [0.4, 0.5) is 5.69 Å². The number of nitrogens with one attached hydrogen (secondary N) is 1. The van der Waals surface area contributed by atoms with E-state index >= 15 is 0 Å². The molecule has 0 saturated heterocycles. The number of aromatic nitrogens is 2. The molecular formula is C23H19N3O3S. The zero-order valence-electron chi connectivity index (χ0n) is 16.5. The van der Waals surface area contributed by atoms with Gasteiger partial charge in [0.2, 0.25) is 0 Å². The largest absolute Gasteiger partial charge is 0.321 e. The van der Waals surface area contributed by atoms with E-state index in [1.807, 2.05) is 30.3 Å². The summed E-state index contributed by atoms with van der Waals surface area (Å²) in [5, 5.41) is 3.27. The fourth-order valence-electron chi connectivity index (χ4n) is 3.27. The Morgan fingerprint density at radius 2 is 1.87 bits per heavy atom. The third-order valence-corrected chi connectivity index (χ3v) is 6.04. The number of Topliss-reactive ketones (excluding diaryl/α,β-unsaturated/α-hetero) is 1. The molecule has 1 amide bonds. The Balaban J connectivity index is 1.67. The quantitative estimate of drug-likeness (QED) is 0.492. The first-order valence-electron chi connectivity index (χ1n) is 9.39. The summed E-state index contributed by atoms with van der Waals surface area (Å²) >= 11 is 1.19. The SMILES string of the molecule is CC(=O)c1cccc(NC(=O)c2sc3ncn(Cc4ccccc4)c(=O)c3c2C)c1. The maximum atomic E-state index is 13.0. The zero-order valence-corrected chi connectivity index (χ0v) is 17.3. The van der Waals surface area contributed by atoms with Crippen LogP contribution in [0.1, 0.15) is 38.1 Å². The number of aryl methyl sites for hydroxylation is 1. The molecule has 2 aromatic heterocycles. The van der Waals surface area contributed by atoms with E-state index in [0.29, 0.717) is 38.5 Å². The van der Waals surface area contributed by atoms with Gasteiger partial charge in [0.15, 0.2) is 5.78 Å². The molecule has 2 aromatic carbocycles. The van der Waals surface area contributed by atoms with Crippen molar-refractivity contribution in [1.82, 2.24) is 9.55 Å². The number of anilines is 1. The van der Waals surface area contributed by atoms with Crippen LogP contribution in [-0.4, -0.2) is 21.2 Å². The average molecular weight is 417 g/mol. The topological polar surface area (TPSA) is 81.1 Å². The predicted molar refractivity (Wildman–Crippen MR) is 119 cm³/mol. The smallest absolute Gasteiger partial charge is 0.266 e. The molecule has 0 radical (unpaired) electrons. The highest BCUT2D eigenvalue weighted by molar-refractivity contribution is 7.20. The molecule has 4 rings (SSSR count). The number of hydrogen-bond donors (Lipinski definition) is 1. The fraction of sp³-hybridized carbons (Fsp3) is 0.130. The van der Waals surface area contributed by atoms with Gasteiger partial charge in [0.05, 0.1) is 23.1 Å². The number of ketones is 1. The van der Waals surface area contributed by atoms with Crippen molar-refractivity contribution in [3.8, 4) is 0 Å². The molecule has 2 heterocycles. The van der Waals surface area contributed by atoms with Crippen LogP contribution < -0.4 is 10.9 Å². The summed E-state index contributed by atoms with van der Waals surface area (Å²) < 4.78 is 1.55. The lowest BCUT2D eigenvalue weighted by molar-refractivity contribution is 0.101. The van der Waals surface area contributed by atoms with Crippen LogP contribution in [0.25, 0.3) is 10.2 Å². The second-order valence-electron chi connectivity index (χ2n) is 6.99. The van der Waals surface area contributed by atoms with Gasteiger partial charge in [0.1, 0.15) is 4.83 Å². The summed E-state index contributed by atoms with van der Waals surface area (Å²) in [6.07, 6.45) is 1.52. The number of thiophene rings is 1. The van der Waals surface area contributed by atoms with Gasteiger partial charge in [-0.1, -0.05) is 42.5 Å². The van der Waals surface area contributed by atoms with Gasteiger partial charge in [-0.15, -0.1) is 11.3 Å². The van der Waals surface area contributed by atoms with E-state index in [1.165, 1.54) is 24.6 Å². The first kappa shape index (κ1) is 19.7. The first-order chi connectivity index (χ1) is 14.4. The van der Waals surface area contributed by atoms with Crippen molar-refractivity contribution in [2.24, 2.45) is 0 Å². The van der Waals surface area contributed by atoms with E-state index in [9.17, 15) is 14.4 Å². The number of fused-ring (bicyclic) bond motifs is 1. The molecule has 4 aromatic rings. The number of nitrogens with zero attached hydrogens (tertiary/aromatic N) is 2. The second-order valence-corrected chi connectivity index (χ2v) is 7.99. The van der Waals surface area contributed by atoms with Gasteiger partial charge < -0.3 is 5.32 Å². The van der Waals surface area contributed by atoms with Crippen molar-refractivity contribution >= 4 is 38.9 Å². The maximum absolute atomic E-state index is 13.0. The summed E-state index contributed by atoms with van der Waals surface area (Å²) in [4.78, 5) is 42.8. The average Bonchev–Trinajstić information content (AvgIpc) is 3.08. The summed E-state index contributed by atoms with van der Waals surface area (Å²) in [6, 6.07) is 16.4. The van der Waals surface area contributed by atoms with Crippen molar-refractivity contribution < 1.29 is 9.59 Å². The van der Waals surface area contributed by atoms with E-state index < -0.39 is 0 Å². The van der Waals surface area contributed by atoms with Crippen molar-refractivity contribution in [3.05, 3.63) is 92.8 Å². The maximum Gasteiger partial charge on any atom is 0.266 e. The standard InChI is InChI=1S/C23H19N3O3S/c1-14-19-22(24-13-26(23(19)29)12-16-7-4-3-5-8-16)30-20(14)21(28)25-18-10-6-9-17(11-18)15(2)27/h3-11,13H,12H2,1-2H3,(H,25,28). The van der Waals surface area contributed by atoms with E-state index in [1.54, 1.807) is 35.8 Å². The lowest BCUT2D eigenvalue weighted by atomic mass is 10.1. The third kappa shape index (κ3) is 3.79. The van der Waals surface area contributed by atoms with Gasteiger partial charge in [-0.25, -0.2) is 4.98 Å². The molecule has 7 heteroatoms. The number of amides is 1. The van der Waals surface area contributed by atoms with Crippen LogP contribution in [-0.2, 0) is 6.54 Å². The van der Waals surface area contributed by atoms with Gasteiger partial charge in [-0.05, 0) is 37.1 Å². The van der Waals surface area contributed by atoms with Crippen LogP contribution in [0.5, 0.6) is 0 Å². The lowest BCUT2D eigenvalue weighted by Crippen LogP contribution is -2.21. The Hall–Kier alpha value is -3.58. The molecule has 0 saturated carbocycles. The van der Waals surface area contributed by atoms with E-state index in [2.05, 4.69) is 10.3 Å². The predicted octanol–water partition coefficient (Wildman–Crippen LogP) is 4.27. The van der Waals surface area contributed by atoms with Crippen LogP contribution in [0, 0.1) is 6.92 Å². The fourth-order valence-corrected chi connectivity index (χ4v) is 4.31. The lowest BCUT2D eigenvalue weighted by Gasteiger charge is -2.06. The van der Waals surface area contributed by atoms with Crippen molar-refractivity contribution in [1.29, 1.82) is 0 Å². The van der Waals surface area contributed by atoms with Crippen molar-refractivity contribution in [3.63, 3.8) is 0 Å². The molecule has 0 unspecified atom stereocenters. The molecule has 150 valence electrons. The molecule has 0 aliphatic heterocycles. The van der Waals surface area contributed by atoms with Crippen LogP contribution >= 0.6 is 11.3 Å². The molecule has 0 atom stereocenters. The molecule has 0 fully saturated rings. The van der Waals surface area contributed by atoms with Crippen molar-refractivity contribution in [2.45, 2.75) is 20.4 Å². The number of carbonyl (C=O) groups excluding carboxylic acids is 2. The van der Waals surface area contributed by atoms with Gasteiger partial charge >= 0.3 is 0 Å². The van der Waals surface area contributed by atoms with Gasteiger partial charge in [0, 0.05) is 11.3 Å². The monoisotopic (exact) mass is 417 g/mol. The van der Waals surface area contributed by atoms with E-state index in [-0.39, 0.29) is 17.2 Å². The number of benzene rings is 2. The Bertz CT molecular complexity index is 1320. The summed E-state index contributed by atoms with van der Waals surface area (Å²) in [6.45, 7) is 3.65. The normalized spacial score (nSPS) is 10.9. The van der Waals surface area contributed by atoms with E-state index in [4.69, 9.17) is 0 Å². The van der Waals surface area contributed by atoms with Gasteiger partial charge in [-0.2, -0.15) is 0 Å². The Morgan fingerprint density at radius 1 is 1.10 bits per heavy atom. The minimum atomic E-state index is -0.329. The molecule has 6 nitrogen and oxygen atoms in total. The summed E-state index contributed by atoms with van der Waals surface area (Å²) in [7, 11) is 0. The van der Waals surface area contributed by atoms with Gasteiger partial charge in [-0.3, -0.25) is 19.0 Å². The van der Waals surface area contributed by atoms with Crippen LogP contribution in [0.15, 0.2) is 65.7 Å². The molecule has 0 bridgehead atoms. The zero-order chi connectivity index (χ0) is 21.3. The van der Waals surface area contributed by atoms with Crippen LogP contribution in [0.2, 0.25) is 0 Å². The first-order valence-corrected chi connectivity index (χ1v) is 10.2. The highest BCUT2D eigenvalue weighted by Gasteiger charge is 2.20. The molecule has 0 aliphatic carbocycles. The summed E-state index contributed by atoms with van der Waals surface area (Å²) in [5.74, 6) is -0.405. The Labute approximate surface area is 176 Å². The van der Waals surface area contributed by atoms with Gasteiger partial charge in [0.25, 0.3) is 11.5 Å². The molecule has 0 aliphatic rings. The highest BCUT2D eigenvalue weighted by atomic mass is 32.1. The van der Waals surface area contributed by atoms with Crippen molar-refractivity contribution in [2.75, 3.05) is 5.32 Å². The molecule has 0 spiro atoms. The third-order valence-electron chi connectivity index (χ3n) is 4.85. The number of carbonyl (C=O) groups is 2. The number of rotatable bonds is 5. The van der Waals surface area contributed by atoms with Crippen LogP contribution in [0.3, 0.4) is 0 Å². The summed E-state index contributed by atoms with van der Waals surface area (Å²) in [5.41, 5.74) is 2.48. The number of hydrogen-bond acceptors (Lipinski definition) is 5.